The Kier molecular flexibility index (Phi) is 8.13. The number of benzene rings is 1. The first-order valence-electron chi connectivity index (χ1n) is 14.2. The topological polar surface area (TPSA) is 76.6 Å². The highest BCUT2D eigenvalue weighted by molar-refractivity contribution is 5.74. The molecule has 2 atom stereocenters. The van der Waals surface area contributed by atoms with Crippen LogP contribution >= 0.6 is 0 Å². The minimum atomic E-state index is -0.0528. The quantitative estimate of drug-likeness (QED) is 0.577. The zero-order chi connectivity index (χ0) is 25.8. The molecule has 8 heteroatoms. The van der Waals surface area contributed by atoms with E-state index in [0.717, 1.165) is 42.8 Å². The van der Waals surface area contributed by atoms with Crippen molar-refractivity contribution < 1.29 is 4.79 Å². The predicted molar refractivity (Wildman–Crippen MR) is 150 cm³/mol. The number of anilines is 3. The van der Waals surface area contributed by atoms with Crippen molar-refractivity contribution in [1.82, 2.24) is 25.1 Å². The lowest BCUT2D eigenvalue weighted by Gasteiger charge is -2.40. The van der Waals surface area contributed by atoms with E-state index in [1.165, 1.54) is 57.2 Å². The van der Waals surface area contributed by atoms with Crippen molar-refractivity contribution in [3.63, 3.8) is 0 Å². The molecular weight excluding hydrogens is 462 g/mol. The highest BCUT2D eigenvalue weighted by atomic mass is 16.2. The van der Waals surface area contributed by atoms with Gasteiger partial charge in [-0.25, -0.2) is 9.78 Å². The molecule has 1 aromatic heterocycles. The van der Waals surface area contributed by atoms with Gasteiger partial charge in [0.2, 0.25) is 0 Å². The van der Waals surface area contributed by atoms with Gasteiger partial charge in [-0.2, -0.15) is 0 Å². The second-order valence-corrected chi connectivity index (χ2v) is 11.3. The Bertz CT molecular complexity index is 1030. The van der Waals surface area contributed by atoms with E-state index in [0.29, 0.717) is 5.92 Å². The summed E-state index contributed by atoms with van der Waals surface area (Å²) < 4.78 is 0. The Morgan fingerprint density at radius 1 is 0.946 bits per heavy atom. The van der Waals surface area contributed by atoms with Crippen molar-refractivity contribution in [1.29, 1.82) is 0 Å². The number of nitrogens with zero attached hydrogens (tertiary/aromatic N) is 5. The highest BCUT2D eigenvalue weighted by Gasteiger charge is 2.31. The third kappa shape index (κ3) is 6.17. The van der Waals surface area contributed by atoms with Crippen LogP contribution in [0.4, 0.5) is 22.1 Å². The summed E-state index contributed by atoms with van der Waals surface area (Å²) in [5.41, 5.74) is 2.48. The molecular formula is C29H43N7O. The van der Waals surface area contributed by atoms with Gasteiger partial charge in [0, 0.05) is 38.4 Å². The van der Waals surface area contributed by atoms with Gasteiger partial charge in [-0.3, -0.25) is 4.98 Å². The fourth-order valence-corrected chi connectivity index (χ4v) is 6.36. The zero-order valence-corrected chi connectivity index (χ0v) is 22.7. The molecule has 200 valence electrons. The molecule has 1 saturated carbocycles. The number of hydrogen-bond donors (Lipinski definition) is 2. The monoisotopic (exact) mass is 505 g/mol. The number of likely N-dealkylation sites (tertiary alicyclic amines) is 1. The van der Waals surface area contributed by atoms with Gasteiger partial charge in [0.05, 0.1) is 18.4 Å². The molecule has 2 aromatic rings. The second-order valence-electron chi connectivity index (χ2n) is 11.3. The molecule has 3 heterocycles. The normalized spacial score (nSPS) is 23.7. The molecule has 0 radical (unpaired) electrons. The average Bonchev–Trinajstić information content (AvgIpc) is 3.46. The number of urea groups is 1. The number of nitrogens with one attached hydrogen (secondary N) is 2. The van der Waals surface area contributed by atoms with Crippen molar-refractivity contribution in [2.45, 2.75) is 82.3 Å². The standard InChI is InChI=1S/C29H43N7O/c1-21-26(32-29(37)34(2)3)9-6-16-36(21)28-20-30-19-27(33-28)31-24-12-10-22(11-13-24)23-14-17-35(18-15-23)25-7-4-5-8-25/h10-13,19-21,23,25-26H,4-9,14-18H2,1-3H3,(H,31,33)(H,32,37)/t21-,26+/m0/s1. The Balaban J connectivity index is 1.18. The summed E-state index contributed by atoms with van der Waals surface area (Å²) in [7, 11) is 3.54. The molecule has 2 amide bonds. The first-order valence-corrected chi connectivity index (χ1v) is 14.2. The molecule has 1 aromatic carbocycles. The second kappa shape index (κ2) is 11.7. The molecule has 2 N–H and O–H groups in total. The largest absolute Gasteiger partial charge is 0.351 e. The first kappa shape index (κ1) is 25.8. The van der Waals surface area contributed by atoms with Crippen LogP contribution in [0.2, 0.25) is 0 Å². The van der Waals surface area contributed by atoms with E-state index in [9.17, 15) is 4.79 Å². The van der Waals surface area contributed by atoms with Crippen LogP contribution in [0.3, 0.4) is 0 Å². The van der Waals surface area contributed by atoms with Crippen LogP contribution in [0, 0.1) is 0 Å². The van der Waals surface area contributed by atoms with Crippen molar-refractivity contribution in [2.24, 2.45) is 0 Å². The van der Waals surface area contributed by atoms with Crippen LogP contribution < -0.4 is 15.5 Å². The smallest absolute Gasteiger partial charge is 0.317 e. The number of rotatable bonds is 6. The van der Waals surface area contributed by atoms with E-state index >= 15 is 0 Å². The Morgan fingerprint density at radius 2 is 1.68 bits per heavy atom. The number of carbonyl (C=O) groups is 1. The van der Waals surface area contributed by atoms with Gasteiger partial charge < -0.3 is 25.3 Å². The molecule has 0 bridgehead atoms. The molecule has 2 aliphatic heterocycles. The zero-order valence-electron chi connectivity index (χ0n) is 22.7. The van der Waals surface area contributed by atoms with Gasteiger partial charge in [0.1, 0.15) is 5.82 Å². The molecule has 8 nitrogen and oxygen atoms in total. The molecule has 1 aliphatic carbocycles. The summed E-state index contributed by atoms with van der Waals surface area (Å²) in [6.45, 7) is 5.54. The van der Waals surface area contributed by atoms with Crippen LogP contribution in [0.15, 0.2) is 36.7 Å². The fraction of sp³-hybridized carbons (Fsp3) is 0.621. The lowest BCUT2D eigenvalue weighted by Crippen LogP contribution is -2.56. The Morgan fingerprint density at radius 3 is 2.38 bits per heavy atom. The third-order valence-corrected chi connectivity index (χ3v) is 8.64. The van der Waals surface area contributed by atoms with E-state index in [1.807, 2.05) is 6.20 Å². The van der Waals surface area contributed by atoms with Crippen LogP contribution in [0.5, 0.6) is 0 Å². The van der Waals surface area contributed by atoms with Gasteiger partial charge in [-0.1, -0.05) is 25.0 Å². The Hall–Kier alpha value is -2.87. The molecule has 3 aliphatic rings. The van der Waals surface area contributed by atoms with Crippen LogP contribution in [-0.4, -0.2) is 77.7 Å². The average molecular weight is 506 g/mol. The molecule has 0 unspecified atom stereocenters. The molecule has 3 fully saturated rings. The summed E-state index contributed by atoms with van der Waals surface area (Å²) in [6, 6.07) is 9.91. The van der Waals surface area contributed by atoms with Crippen molar-refractivity contribution in [3.8, 4) is 0 Å². The van der Waals surface area contributed by atoms with Crippen LogP contribution in [0.1, 0.15) is 69.8 Å². The van der Waals surface area contributed by atoms with Gasteiger partial charge in [0.15, 0.2) is 5.82 Å². The van der Waals surface area contributed by atoms with Crippen LogP contribution in [-0.2, 0) is 0 Å². The first-order chi connectivity index (χ1) is 18.0. The summed E-state index contributed by atoms with van der Waals surface area (Å²) in [5, 5.41) is 6.60. The lowest BCUT2D eigenvalue weighted by molar-refractivity contribution is 0.154. The van der Waals surface area contributed by atoms with Gasteiger partial charge >= 0.3 is 6.03 Å². The number of piperidine rings is 2. The summed E-state index contributed by atoms with van der Waals surface area (Å²) >= 11 is 0. The summed E-state index contributed by atoms with van der Waals surface area (Å²) in [5.74, 6) is 2.24. The van der Waals surface area contributed by atoms with Gasteiger partial charge in [0.25, 0.3) is 0 Å². The number of carbonyl (C=O) groups excluding carboxylic acids is 1. The van der Waals surface area contributed by atoms with E-state index in [-0.39, 0.29) is 18.1 Å². The van der Waals surface area contributed by atoms with E-state index in [2.05, 4.69) is 56.6 Å². The third-order valence-electron chi connectivity index (χ3n) is 8.64. The van der Waals surface area contributed by atoms with Crippen molar-refractivity contribution >= 4 is 23.4 Å². The number of hydrogen-bond acceptors (Lipinski definition) is 6. The minimum Gasteiger partial charge on any atom is -0.351 e. The molecule has 2 saturated heterocycles. The van der Waals surface area contributed by atoms with Crippen molar-refractivity contribution in [3.05, 3.63) is 42.2 Å². The van der Waals surface area contributed by atoms with E-state index in [1.54, 1.807) is 25.2 Å². The number of aromatic nitrogens is 2. The van der Waals surface area contributed by atoms with Gasteiger partial charge in [-0.15, -0.1) is 0 Å². The number of amides is 2. The maximum Gasteiger partial charge on any atom is 0.317 e. The summed E-state index contributed by atoms with van der Waals surface area (Å²) in [6.07, 6.45) is 13.7. The Labute approximate surface area is 221 Å². The van der Waals surface area contributed by atoms with E-state index in [4.69, 9.17) is 4.98 Å². The van der Waals surface area contributed by atoms with Gasteiger partial charge in [-0.05, 0) is 82.2 Å². The maximum atomic E-state index is 12.2. The SMILES string of the molecule is C[C@H]1[C@H](NC(=O)N(C)C)CCCN1c1cncc(Nc2ccc(C3CCN(C4CCCC4)CC3)cc2)n1. The predicted octanol–water partition coefficient (Wildman–Crippen LogP) is 4.97. The lowest BCUT2D eigenvalue weighted by atomic mass is 9.88. The molecule has 37 heavy (non-hydrogen) atoms. The van der Waals surface area contributed by atoms with Crippen LogP contribution in [0.25, 0.3) is 0 Å². The molecule has 5 rings (SSSR count). The van der Waals surface area contributed by atoms with Crippen molar-refractivity contribution in [2.75, 3.05) is 43.9 Å². The molecule has 0 spiro atoms. The maximum absolute atomic E-state index is 12.2. The summed E-state index contributed by atoms with van der Waals surface area (Å²) in [4.78, 5) is 28.1. The fourth-order valence-electron chi connectivity index (χ4n) is 6.36. The van der Waals surface area contributed by atoms with E-state index < -0.39 is 0 Å². The minimum absolute atomic E-state index is 0.0528. The highest BCUT2D eigenvalue weighted by Crippen LogP contribution is 2.33.